The first-order valence-corrected chi connectivity index (χ1v) is 8.88. The average molecular weight is 313 g/mol. The van der Waals surface area contributed by atoms with Gasteiger partial charge in [0.05, 0.1) is 11.2 Å². The van der Waals surface area contributed by atoms with Crippen molar-refractivity contribution in [3.8, 4) is 0 Å². The molecule has 0 radical (unpaired) electrons. The number of benzene rings is 1. The fraction of sp³-hybridized carbons (Fsp3) is 0.684. The summed E-state index contributed by atoms with van der Waals surface area (Å²) >= 11 is 0. The fourth-order valence-corrected chi connectivity index (χ4v) is 4.23. The molecule has 2 heterocycles. The first kappa shape index (κ1) is 15.7. The summed E-state index contributed by atoms with van der Waals surface area (Å²) in [6.45, 7) is 10.9. The van der Waals surface area contributed by atoms with E-state index in [-0.39, 0.29) is 18.3 Å². The molecular formula is C19H28BNO2. The summed E-state index contributed by atoms with van der Waals surface area (Å²) in [6, 6.07) is 9.04. The van der Waals surface area contributed by atoms with E-state index in [1.165, 1.54) is 31.5 Å². The molecule has 2 saturated heterocycles. The van der Waals surface area contributed by atoms with Crippen LogP contribution in [-0.2, 0) is 14.7 Å². The Kier molecular flexibility index (Phi) is 3.30. The van der Waals surface area contributed by atoms with Crippen LogP contribution >= 0.6 is 0 Å². The number of hydrogen-bond donors (Lipinski definition) is 0. The summed E-state index contributed by atoms with van der Waals surface area (Å²) in [4.78, 5) is 2.47. The molecule has 23 heavy (non-hydrogen) atoms. The van der Waals surface area contributed by atoms with Crippen molar-refractivity contribution < 1.29 is 9.31 Å². The van der Waals surface area contributed by atoms with E-state index in [0.29, 0.717) is 5.41 Å². The lowest BCUT2D eigenvalue weighted by molar-refractivity contribution is 0.00578. The second-order valence-corrected chi connectivity index (χ2v) is 8.78. The zero-order chi connectivity index (χ0) is 16.5. The Bertz CT molecular complexity index is 596. The Morgan fingerprint density at radius 1 is 1.04 bits per heavy atom. The molecule has 4 rings (SSSR count). The third-order valence-electron chi connectivity index (χ3n) is 6.71. The van der Waals surface area contributed by atoms with E-state index in [1.807, 2.05) is 0 Å². The maximum atomic E-state index is 6.16. The van der Waals surface area contributed by atoms with Crippen molar-refractivity contribution in [2.45, 2.75) is 57.2 Å². The molecule has 124 valence electrons. The molecule has 3 aliphatic rings. The molecule has 4 heteroatoms. The van der Waals surface area contributed by atoms with Crippen molar-refractivity contribution in [3.63, 3.8) is 0 Å². The average Bonchev–Trinajstić information content (AvgIpc) is 3.15. The van der Waals surface area contributed by atoms with Gasteiger partial charge in [-0.3, -0.25) is 0 Å². The van der Waals surface area contributed by atoms with Crippen molar-refractivity contribution >= 4 is 12.6 Å². The topological polar surface area (TPSA) is 21.7 Å². The van der Waals surface area contributed by atoms with Crippen LogP contribution in [0, 0.1) is 5.92 Å². The number of hydrogen-bond acceptors (Lipinski definition) is 3. The van der Waals surface area contributed by atoms with Crippen LogP contribution in [0.5, 0.6) is 0 Å². The van der Waals surface area contributed by atoms with Crippen LogP contribution in [0.3, 0.4) is 0 Å². The minimum atomic E-state index is -0.273. The zero-order valence-corrected chi connectivity index (χ0v) is 15.1. The van der Waals surface area contributed by atoms with Crippen LogP contribution in [-0.4, -0.2) is 43.4 Å². The predicted molar refractivity (Wildman–Crippen MR) is 94.1 cm³/mol. The molecule has 2 atom stereocenters. The summed E-state index contributed by atoms with van der Waals surface area (Å²) in [6.07, 6.45) is 2.65. The molecule has 0 N–H and O–H groups in total. The van der Waals surface area contributed by atoms with Gasteiger partial charge in [0.25, 0.3) is 0 Å². The molecule has 2 unspecified atom stereocenters. The SMILES string of the molecule is CN1CCC2(c3ccc(B4OC(C)(C)C(C)(C)O4)cc3)CC2C1. The van der Waals surface area contributed by atoms with E-state index in [1.54, 1.807) is 0 Å². The van der Waals surface area contributed by atoms with Crippen molar-refractivity contribution in [1.29, 1.82) is 0 Å². The van der Waals surface area contributed by atoms with E-state index in [9.17, 15) is 0 Å². The minimum absolute atomic E-state index is 0.251. The molecule has 3 fully saturated rings. The molecule has 3 nitrogen and oxygen atoms in total. The highest BCUT2D eigenvalue weighted by atomic mass is 16.7. The summed E-state index contributed by atoms with van der Waals surface area (Å²) in [7, 11) is 1.99. The maximum absolute atomic E-state index is 6.16. The standard InChI is InChI=1S/C19H28BNO2/c1-17(2)18(3,4)23-20(22-17)16-8-6-14(7-9-16)19-10-11-21(5)13-15(19)12-19/h6-9,15H,10-13H2,1-5H3. The van der Waals surface area contributed by atoms with Crippen LogP contribution in [0.1, 0.15) is 46.1 Å². The largest absolute Gasteiger partial charge is 0.494 e. The van der Waals surface area contributed by atoms with Gasteiger partial charge in [0, 0.05) is 12.0 Å². The second-order valence-electron chi connectivity index (χ2n) is 8.78. The molecule has 1 aromatic rings. The Balaban J connectivity index is 1.52. The molecule has 0 amide bonds. The molecule has 0 aromatic heterocycles. The number of piperidine rings is 1. The van der Waals surface area contributed by atoms with E-state index in [0.717, 1.165) is 11.4 Å². The predicted octanol–water partition coefficient (Wildman–Crippen LogP) is 2.58. The first-order chi connectivity index (χ1) is 10.7. The third kappa shape index (κ3) is 2.38. The van der Waals surface area contributed by atoms with Crippen molar-refractivity contribution in [3.05, 3.63) is 29.8 Å². The van der Waals surface area contributed by atoms with Gasteiger partial charge in [0.15, 0.2) is 0 Å². The summed E-state index contributed by atoms with van der Waals surface area (Å²) < 4.78 is 12.3. The summed E-state index contributed by atoms with van der Waals surface area (Å²) in [5, 5.41) is 0. The summed E-state index contributed by atoms with van der Waals surface area (Å²) in [5.41, 5.74) is 2.56. The van der Waals surface area contributed by atoms with Gasteiger partial charge < -0.3 is 14.2 Å². The Morgan fingerprint density at radius 2 is 1.65 bits per heavy atom. The molecule has 0 spiro atoms. The van der Waals surface area contributed by atoms with Gasteiger partial charge in [-0.1, -0.05) is 24.3 Å². The highest BCUT2D eigenvalue weighted by Gasteiger charge is 2.57. The van der Waals surface area contributed by atoms with Gasteiger partial charge in [-0.25, -0.2) is 0 Å². The molecular weight excluding hydrogens is 285 g/mol. The lowest BCUT2D eigenvalue weighted by Crippen LogP contribution is -2.41. The molecule has 0 bridgehead atoms. The highest BCUT2D eigenvalue weighted by Crippen LogP contribution is 2.58. The van der Waals surface area contributed by atoms with Gasteiger partial charge in [-0.2, -0.15) is 0 Å². The highest BCUT2D eigenvalue weighted by molar-refractivity contribution is 6.62. The van der Waals surface area contributed by atoms with E-state index >= 15 is 0 Å². The molecule has 1 saturated carbocycles. The summed E-state index contributed by atoms with van der Waals surface area (Å²) in [5.74, 6) is 0.851. The normalized spacial score (nSPS) is 35.2. The van der Waals surface area contributed by atoms with Crippen LogP contribution in [0.15, 0.2) is 24.3 Å². The molecule has 1 aliphatic carbocycles. The quantitative estimate of drug-likeness (QED) is 0.784. The van der Waals surface area contributed by atoms with Crippen molar-refractivity contribution in [2.75, 3.05) is 20.1 Å². The second kappa shape index (κ2) is 4.84. The lowest BCUT2D eigenvalue weighted by Gasteiger charge is -2.32. The molecule has 2 aliphatic heterocycles. The number of likely N-dealkylation sites (tertiary alicyclic amines) is 1. The van der Waals surface area contributed by atoms with Crippen molar-refractivity contribution in [2.24, 2.45) is 5.92 Å². The molecule has 1 aromatic carbocycles. The van der Waals surface area contributed by atoms with Gasteiger partial charge in [-0.15, -0.1) is 0 Å². The smallest absolute Gasteiger partial charge is 0.399 e. The van der Waals surface area contributed by atoms with Crippen LogP contribution in [0.2, 0.25) is 0 Å². The first-order valence-electron chi connectivity index (χ1n) is 8.88. The Hall–Kier alpha value is -0.835. The van der Waals surface area contributed by atoms with Gasteiger partial charge >= 0.3 is 7.12 Å². The van der Waals surface area contributed by atoms with Crippen LogP contribution < -0.4 is 5.46 Å². The third-order valence-corrected chi connectivity index (χ3v) is 6.71. The van der Waals surface area contributed by atoms with Gasteiger partial charge in [0.1, 0.15) is 0 Å². The van der Waals surface area contributed by atoms with Crippen LogP contribution in [0.25, 0.3) is 0 Å². The zero-order valence-electron chi connectivity index (χ0n) is 15.1. The lowest BCUT2D eigenvalue weighted by atomic mass is 9.77. The Morgan fingerprint density at radius 3 is 2.22 bits per heavy atom. The van der Waals surface area contributed by atoms with Gasteiger partial charge in [-0.05, 0) is 71.1 Å². The number of nitrogens with zero attached hydrogens (tertiary/aromatic N) is 1. The van der Waals surface area contributed by atoms with E-state index < -0.39 is 0 Å². The van der Waals surface area contributed by atoms with Crippen molar-refractivity contribution in [1.82, 2.24) is 4.90 Å². The van der Waals surface area contributed by atoms with Crippen LogP contribution in [0.4, 0.5) is 0 Å². The maximum Gasteiger partial charge on any atom is 0.494 e. The van der Waals surface area contributed by atoms with E-state index in [2.05, 4.69) is 63.9 Å². The minimum Gasteiger partial charge on any atom is -0.399 e. The fourth-order valence-electron chi connectivity index (χ4n) is 4.23. The van der Waals surface area contributed by atoms with Gasteiger partial charge in [0.2, 0.25) is 0 Å². The number of fused-ring (bicyclic) bond motifs is 1. The Labute approximate surface area is 140 Å². The number of rotatable bonds is 2. The van der Waals surface area contributed by atoms with E-state index in [4.69, 9.17) is 9.31 Å². The monoisotopic (exact) mass is 313 g/mol.